The molecule has 4 nitrogen and oxygen atoms in total. The van der Waals surface area contributed by atoms with Crippen LogP contribution in [0, 0.1) is 12.8 Å². The number of nitrogens with one attached hydrogen (secondary N) is 2. The molecule has 0 fully saturated rings. The van der Waals surface area contributed by atoms with Gasteiger partial charge in [0.2, 0.25) is 0 Å². The summed E-state index contributed by atoms with van der Waals surface area (Å²) in [6.07, 6.45) is 4.84. The van der Waals surface area contributed by atoms with Crippen LogP contribution in [0.4, 0.5) is 5.69 Å². The minimum absolute atomic E-state index is 0.349. The molecule has 128 valence electrons. The first-order valence-corrected chi connectivity index (χ1v) is 8.66. The van der Waals surface area contributed by atoms with Gasteiger partial charge in [0.05, 0.1) is 12.7 Å². The van der Waals surface area contributed by atoms with Crippen LogP contribution in [0.1, 0.15) is 55.5 Å². The number of rotatable bonds is 8. The molecule has 0 aromatic heterocycles. The number of carbonyl (C=O) groups excluding carboxylic acids is 1. The topological polar surface area (TPSA) is 50.4 Å². The lowest BCUT2D eigenvalue weighted by Crippen LogP contribution is -2.33. The van der Waals surface area contributed by atoms with Crippen molar-refractivity contribution in [3.63, 3.8) is 0 Å². The van der Waals surface area contributed by atoms with Crippen LogP contribution in [0.3, 0.4) is 0 Å². The van der Waals surface area contributed by atoms with Gasteiger partial charge in [-0.2, -0.15) is 0 Å². The summed E-state index contributed by atoms with van der Waals surface area (Å²) >= 11 is 5.37. The number of carbonyl (C=O) groups is 1. The van der Waals surface area contributed by atoms with Gasteiger partial charge >= 0.3 is 5.97 Å². The number of esters is 1. The number of methoxy groups -OCH3 is 1. The monoisotopic (exact) mass is 336 g/mol. The second-order valence-corrected chi connectivity index (χ2v) is 6.18. The van der Waals surface area contributed by atoms with Crippen molar-refractivity contribution in [3.05, 3.63) is 29.3 Å². The lowest BCUT2D eigenvalue weighted by Gasteiger charge is -2.18. The Morgan fingerprint density at radius 1 is 1.35 bits per heavy atom. The third-order valence-corrected chi connectivity index (χ3v) is 4.25. The first-order valence-electron chi connectivity index (χ1n) is 8.25. The van der Waals surface area contributed by atoms with E-state index in [2.05, 4.69) is 24.5 Å². The van der Waals surface area contributed by atoms with Crippen LogP contribution in [-0.2, 0) is 4.74 Å². The summed E-state index contributed by atoms with van der Waals surface area (Å²) in [5, 5.41) is 7.05. The van der Waals surface area contributed by atoms with Crippen LogP contribution in [0.25, 0.3) is 0 Å². The molecule has 2 N–H and O–H groups in total. The van der Waals surface area contributed by atoms with E-state index in [9.17, 15) is 4.79 Å². The summed E-state index contributed by atoms with van der Waals surface area (Å²) in [6.45, 7) is 7.27. The van der Waals surface area contributed by atoms with E-state index < -0.39 is 0 Å². The Morgan fingerprint density at radius 3 is 2.70 bits per heavy atom. The summed E-state index contributed by atoms with van der Waals surface area (Å²) in [7, 11) is 1.38. The number of ether oxygens (including phenoxy) is 1. The van der Waals surface area contributed by atoms with Crippen molar-refractivity contribution < 1.29 is 9.53 Å². The zero-order chi connectivity index (χ0) is 17.2. The predicted molar refractivity (Wildman–Crippen MR) is 100 cm³/mol. The maximum atomic E-state index is 11.6. The van der Waals surface area contributed by atoms with Gasteiger partial charge in [0.1, 0.15) is 0 Å². The highest BCUT2D eigenvalue weighted by atomic mass is 32.1. The van der Waals surface area contributed by atoms with Gasteiger partial charge in [-0.1, -0.05) is 39.2 Å². The third kappa shape index (κ3) is 6.57. The Kier molecular flexibility index (Phi) is 8.62. The van der Waals surface area contributed by atoms with Crippen LogP contribution in [0.2, 0.25) is 0 Å². The molecule has 1 rings (SSSR count). The first-order chi connectivity index (χ1) is 11.0. The van der Waals surface area contributed by atoms with Crippen molar-refractivity contribution in [1.29, 1.82) is 0 Å². The number of aryl methyl sites for hydroxylation is 1. The summed E-state index contributed by atoms with van der Waals surface area (Å²) in [6, 6.07) is 5.40. The second-order valence-electron chi connectivity index (χ2n) is 5.77. The van der Waals surface area contributed by atoms with Gasteiger partial charge in [0.25, 0.3) is 0 Å². The normalized spacial score (nSPS) is 11.7. The standard InChI is InChI=1S/C18H28N2O2S/c1-5-7-8-14(6-2)12-19-18(23)20-16-11-15(17(21)22-4)10-9-13(16)3/h9-11,14H,5-8,12H2,1-4H3,(H2,19,20,23)/t14-/m0/s1. The average Bonchev–Trinajstić information content (AvgIpc) is 2.56. The smallest absolute Gasteiger partial charge is 0.337 e. The zero-order valence-electron chi connectivity index (χ0n) is 14.6. The molecule has 0 saturated heterocycles. The summed E-state index contributed by atoms with van der Waals surface area (Å²) in [5.41, 5.74) is 2.37. The van der Waals surface area contributed by atoms with Gasteiger partial charge in [-0.3, -0.25) is 0 Å². The van der Waals surface area contributed by atoms with Gasteiger partial charge in [-0.05, 0) is 49.2 Å². The number of benzene rings is 1. The molecule has 1 aromatic carbocycles. The Morgan fingerprint density at radius 2 is 2.09 bits per heavy atom. The lowest BCUT2D eigenvalue weighted by atomic mass is 9.99. The molecule has 0 heterocycles. The molecule has 0 unspecified atom stereocenters. The number of thiocarbonyl (C=S) groups is 1. The Balaban J connectivity index is 2.61. The minimum Gasteiger partial charge on any atom is -0.465 e. The van der Waals surface area contributed by atoms with Gasteiger partial charge in [0, 0.05) is 12.2 Å². The molecule has 0 saturated carbocycles. The van der Waals surface area contributed by atoms with E-state index in [0.29, 0.717) is 16.6 Å². The van der Waals surface area contributed by atoms with Crippen molar-refractivity contribution in [1.82, 2.24) is 5.32 Å². The van der Waals surface area contributed by atoms with E-state index in [1.165, 1.54) is 26.4 Å². The van der Waals surface area contributed by atoms with Crippen molar-refractivity contribution in [3.8, 4) is 0 Å². The molecular formula is C18H28N2O2S. The van der Waals surface area contributed by atoms with Crippen LogP contribution < -0.4 is 10.6 Å². The molecule has 0 spiro atoms. The average molecular weight is 337 g/mol. The predicted octanol–water partition coefficient (Wildman–Crippen LogP) is 4.28. The van der Waals surface area contributed by atoms with Crippen LogP contribution >= 0.6 is 12.2 Å². The molecule has 0 bridgehead atoms. The SMILES string of the molecule is CCCC[C@H](CC)CNC(=S)Nc1cc(C(=O)OC)ccc1C. The van der Waals surface area contributed by atoms with E-state index in [1.54, 1.807) is 12.1 Å². The highest BCUT2D eigenvalue weighted by Gasteiger charge is 2.10. The van der Waals surface area contributed by atoms with Crippen molar-refractivity contribution in [2.24, 2.45) is 5.92 Å². The van der Waals surface area contributed by atoms with E-state index in [1.807, 2.05) is 13.0 Å². The number of anilines is 1. The fourth-order valence-corrected chi connectivity index (χ4v) is 2.54. The van der Waals surface area contributed by atoms with Gasteiger partial charge < -0.3 is 15.4 Å². The zero-order valence-corrected chi connectivity index (χ0v) is 15.4. The van der Waals surface area contributed by atoms with Gasteiger partial charge in [-0.15, -0.1) is 0 Å². The Labute approximate surface area is 145 Å². The van der Waals surface area contributed by atoms with E-state index >= 15 is 0 Å². The fourth-order valence-electron chi connectivity index (χ4n) is 2.35. The maximum absolute atomic E-state index is 11.6. The summed E-state index contributed by atoms with van der Waals surface area (Å²) in [4.78, 5) is 11.6. The van der Waals surface area contributed by atoms with Crippen LogP contribution in [0.5, 0.6) is 0 Å². The first kappa shape index (κ1) is 19.4. The summed E-state index contributed by atoms with van der Waals surface area (Å²) < 4.78 is 4.75. The number of hydrogen-bond donors (Lipinski definition) is 2. The van der Waals surface area contributed by atoms with E-state index in [4.69, 9.17) is 17.0 Å². The quantitative estimate of drug-likeness (QED) is 0.548. The van der Waals surface area contributed by atoms with E-state index in [-0.39, 0.29) is 5.97 Å². The molecule has 0 aliphatic rings. The largest absolute Gasteiger partial charge is 0.465 e. The molecule has 1 atom stereocenters. The molecule has 0 amide bonds. The molecule has 23 heavy (non-hydrogen) atoms. The molecule has 5 heteroatoms. The fraction of sp³-hybridized carbons (Fsp3) is 0.556. The van der Waals surface area contributed by atoms with Gasteiger partial charge in [-0.25, -0.2) is 4.79 Å². The Bertz CT molecular complexity index is 532. The highest BCUT2D eigenvalue weighted by molar-refractivity contribution is 7.80. The lowest BCUT2D eigenvalue weighted by molar-refractivity contribution is 0.0601. The molecule has 0 aliphatic heterocycles. The molecule has 1 aromatic rings. The molecule has 0 radical (unpaired) electrons. The van der Waals surface area contributed by atoms with Crippen LogP contribution in [0.15, 0.2) is 18.2 Å². The highest BCUT2D eigenvalue weighted by Crippen LogP contribution is 2.18. The van der Waals surface area contributed by atoms with Gasteiger partial charge in [0.15, 0.2) is 5.11 Å². The van der Waals surface area contributed by atoms with Crippen molar-refractivity contribution >= 4 is 29.0 Å². The van der Waals surface area contributed by atoms with Crippen molar-refractivity contribution in [2.75, 3.05) is 19.0 Å². The molecule has 0 aliphatic carbocycles. The molecular weight excluding hydrogens is 308 g/mol. The number of unbranched alkanes of at least 4 members (excludes halogenated alkanes) is 1. The minimum atomic E-state index is -0.349. The van der Waals surface area contributed by atoms with Crippen molar-refractivity contribution in [2.45, 2.75) is 46.5 Å². The second kappa shape index (κ2) is 10.2. The van der Waals surface area contributed by atoms with E-state index in [0.717, 1.165) is 24.2 Å². The maximum Gasteiger partial charge on any atom is 0.337 e. The Hall–Kier alpha value is -1.62. The number of hydrogen-bond acceptors (Lipinski definition) is 3. The summed E-state index contributed by atoms with van der Waals surface area (Å²) in [5.74, 6) is 0.287. The third-order valence-electron chi connectivity index (χ3n) is 4.00. The van der Waals surface area contributed by atoms with Crippen LogP contribution in [-0.4, -0.2) is 24.7 Å².